The minimum atomic E-state index is -0.784. The quantitative estimate of drug-likeness (QED) is 0.160. The third kappa shape index (κ3) is 5.83. The van der Waals surface area contributed by atoms with Crippen LogP contribution in [0.1, 0.15) is 49.9 Å². The van der Waals surface area contributed by atoms with E-state index in [0.717, 1.165) is 89.1 Å². The number of pyridine rings is 1. The lowest BCUT2D eigenvalue weighted by atomic mass is 9.64. The summed E-state index contributed by atoms with van der Waals surface area (Å²) in [6.07, 6.45) is 1.87. The fraction of sp³-hybridized carbons (Fsp3) is 0.127. The first-order chi connectivity index (χ1) is 31.1. The molecular weight excluding hydrogens is 811 g/mol. The van der Waals surface area contributed by atoms with Gasteiger partial charge in [-0.1, -0.05) is 146 Å². The van der Waals surface area contributed by atoms with Gasteiger partial charge in [-0.25, -0.2) is 4.98 Å². The molecule has 1 spiro atoms. The van der Waals surface area contributed by atoms with Crippen LogP contribution in [0.3, 0.4) is 0 Å². The highest BCUT2D eigenvalue weighted by atomic mass is 35.5. The van der Waals surface area contributed by atoms with E-state index in [1.807, 2.05) is 60.8 Å². The number of para-hydroxylation sites is 3. The van der Waals surface area contributed by atoms with E-state index < -0.39 is 23.7 Å². The van der Waals surface area contributed by atoms with Gasteiger partial charge >= 0.3 is 7.12 Å². The van der Waals surface area contributed by atoms with Crippen LogP contribution in [0.25, 0.3) is 67.1 Å². The van der Waals surface area contributed by atoms with E-state index in [9.17, 15) is 0 Å². The van der Waals surface area contributed by atoms with Crippen LogP contribution in [0.2, 0.25) is 5.28 Å². The topological polar surface area (TPSA) is 79.3 Å². The van der Waals surface area contributed by atoms with Crippen LogP contribution < -0.4 is 10.2 Å². The maximum atomic E-state index is 7.12. The number of nitrogens with zero attached hydrogens (tertiary/aromatic N) is 4. The van der Waals surface area contributed by atoms with Gasteiger partial charge in [0.25, 0.3) is 0 Å². The number of hydrogen-bond donors (Lipinski definition) is 0. The van der Waals surface area contributed by atoms with Gasteiger partial charge in [-0.2, -0.15) is 9.97 Å². The van der Waals surface area contributed by atoms with Gasteiger partial charge in [-0.05, 0) is 96.3 Å². The zero-order chi connectivity index (χ0) is 43.4. The molecule has 0 N–H and O–H groups in total. The number of benzene rings is 7. The van der Waals surface area contributed by atoms with Crippen molar-refractivity contribution < 1.29 is 14.0 Å². The van der Waals surface area contributed by atoms with Crippen LogP contribution in [0.15, 0.2) is 170 Å². The van der Waals surface area contributed by atoms with Crippen molar-refractivity contribution >= 4 is 35.1 Å². The third-order valence-electron chi connectivity index (χ3n) is 13.6. The molecule has 3 aliphatic rings. The minimum absolute atomic E-state index is 0.140. The van der Waals surface area contributed by atoms with E-state index in [1.54, 1.807) is 0 Å². The Kier molecular flexibility index (Phi) is 8.63. The van der Waals surface area contributed by atoms with Crippen LogP contribution in [-0.2, 0) is 14.7 Å². The number of fused-ring (bicyclic) bond motifs is 10. The third-order valence-corrected chi connectivity index (χ3v) is 13.8. The summed E-state index contributed by atoms with van der Waals surface area (Å²) in [7, 11) is -0.546. The van der Waals surface area contributed by atoms with Crippen molar-refractivity contribution in [3.05, 3.63) is 198 Å². The van der Waals surface area contributed by atoms with Gasteiger partial charge in [0, 0.05) is 45.0 Å². The zero-order valence-corrected chi connectivity index (χ0v) is 36.4. The zero-order valence-electron chi connectivity index (χ0n) is 35.6. The molecule has 0 radical (unpaired) electrons. The average molecular weight is 851 g/mol. The monoisotopic (exact) mass is 850 g/mol. The lowest BCUT2D eigenvalue weighted by Crippen LogP contribution is -2.41. The van der Waals surface area contributed by atoms with Crippen LogP contribution in [-0.4, -0.2) is 38.3 Å². The summed E-state index contributed by atoms with van der Waals surface area (Å²) in [4.78, 5) is 18.6. The van der Waals surface area contributed by atoms with E-state index >= 15 is 0 Å². The number of ether oxygens (including phenoxy) is 1. The summed E-state index contributed by atoms with van der Waals surface area (Å²) in [6.45, 7) is 8.40. The van der Waals surface area contributed by atoms with Crippen molar-refractivity contribution in [1.82, 2.24) is 19.9 Å². The molecule has 0 amide bonds. The van der Waals surface area contributed by atoms with E-state index in [0.29, 0.717) is 11.6 Å². The molecule has 9 heteroatoms. The van der Waals surface area contributed by atoms with Gasteiger partial charge in [0.1, 0.15) is 11.5 Å². The predicted molar refractivity (Wildman–Crippen MR) is 255 cm³/mol. The summed E-state index contributed by atoms with van der Waals surface area (Å²) in [5.74, 6) is 2.61. The second-order valence-corrected chi connectivity index (χ2v) is 18.1. The normalized spacial score (nSPS) is 17.4. The van der Waals surface area contributed by atoms with Crippen LogP contribution >= 0.6 is 11.6 Å². The number of hydrogen-bond acceptors (Lipinski definition) is 7. The summed E-state index contributed by atoms with van der Waals surface area (Å²) >= 11 is 6.47. The Morgan fingerprint density at radius 3 is 1.88 bits per heavy atom. The molecule has 1 fully saturated rings. The molecule has 12 rings (SSSR count). The lowest BCUT2D eigenvalue weighted by molar-refractivity contribution is 0.00578. The molecular formula is C55H40BClN4O3. The van der Waals surface area contributed by atoms with Crippen molar-refractivity contribution in [2.75, 3.05) is 0 Å². The first kappa shape index (κ1) is 38.7. The maximum absolute atomic E-state index is 7.12. The Bertz CT molecular complexity index is 3340. The fourth-order valence-corrected chi connectivity index (χ4v) is 10.00. The number of aromatic nitrogens is 4. The molecule has 308 valence electrons. The SMILES string of the molecule is CC1(C)OB(c2ccc3c(c2)C2(c4ccccc4Oc4c(-c5ccc(-c6nc(Cl)nc(-c7ccccc7)n6)cc5)cccc42)c2cc(-c4cccc5cccnc45)ccc2-3)OC1(C)C. The molecule has 7 aromatic carbocycles. The van der Waals surface area contributed by atoms with Gasteiger partial charge in [0.2, 0.25) is 5.28 Å². The summed E-state index contributed by atoms with van der Waals surface area (Å²) < 4.78 is 20.5. The molecule has 64 heavy (non-hydrogen) atoms. The maximum Gasteiger partial charge on any atom is 0.494 e. The smallest absolute Gasteiger partial charge is 0.456 e. The second kappa shape index (κ2) is 14.3. The Hall–Kier alpha value is -6.97. The summed E-state index contributed by atoms with van der Waals surface area (Å²) in [6, 6.07) is 57.2. The van der Waals surface area contributed by atoms with E-state index in [2.05, 4.69) is 147 Å². The highest BCUT2D eigenvalue weighted by molar-refractivity contribution is 6.62. The molecule has 4 heterocycles. The standard InChI is InChI=1S/C55H40BClN4O3/c1-53(2)54(3,4)64-56(63-53)38-27-29-42-41-28-26-37(39-17-10-15-34-16-12-30-58-48(34)39)31-45(41)55(46(42)32-38)43-19-8-9-21-47(43)62-49-40(18-11-20-44(49)55)33-22-24-36(25-23-33)51-59-50(60-52(57)61-51)35-13-6-5-7-14-35/h5-32H,1-4H3. The lowest BCUT2D eigenvalue weighted by Gasteiger charge is -2.40. The number of halogens is 1. The molecule has 0 bridgehead atoms. The van der Waals surface area contributed by atoms with Gasteiger partial charge < -0.3 is 14.0 Å². The van der Waals surface area contributed by atoms with Crippen molar-refractivity contribution in [1.29, 1.82) is 0 Å². The molecule has 7 nitrogen and oxygen atoms in total. The Morgan fingerprint density at radius 1 is 0.484 bits per heavy atom. The van der Waals surface area contributed by atoms with Crippen molar-refractivity contribution in [3.63, 3.8) is 0 Å². The largest absolute Gasteiger partial charge is 0.494 e. The first-order valence-corrected chi connectivity index (χ1v) is 21.9. The predicted octanol–water partition coefficient (Wildman–Crippen LogP) is 12.5. The molecule has 0 saturated carbocycles. The van der Waals surface area contributed by atoms with Crippen molar-refractivity contribution in [2.45, 2.75) is 44.3 Å². The Morgan fingerprint density at radius 2 is 1.09 bits per heavy atom. The second-order valence-electron chi connectivity index (χ2n) is 17.8. The minimum Gasteiger partial charge on any atom is -0.456 e. The van der Waals surface area contributed by atoms with Crippen LogP contribution in [0.5, 0.6) is 11.5 Å². The summed E-state index contributed by atoms with van der Waals surface area (Å²) in [5, 5.41) is 1.24. The van der Waals surface area contributed by atoms with Crippen molar-refractivity contribution in [2.24, 2.45) is 0 Å². The molecule has 1 saturated heterocycles. The van der Waals surface area contributed by atoms with Gasteiger partial charge in [-0.3, -0.25) is 4.98 Å². The summed E-state index contributed by atoms with van der Waals surface area (Å²) in [5.41, 5.74) is 12.7. The van der Waals surface area contributed by atoms with Gasteiger partial charge in [0.15, 0.2) is 11.6 Å². The highest BCUT2D eigenvalue weighted by Gasteiger charge is 2.55. The van der Waals surface area contributed by atoms with E-state index in [4.69, 9.17) is 35.6 Å². The van der Waals surface area contributed by atoms with Gasteiger partial charge in [0.05, 0.1) is 22.1 Å². The van der Waals surface area contributed by atoms with Crippen LogP contribution in [0.4, 0.5) is 0 Å². The molecule has 2 aromatic heterocycles. The molecule has 1 atom stereocenters. The molecule has 2 aliphatic heterocycles. The van der Waals surface area contributed by atoms with E-state index in [1.165, 1.54) is 5.56 Å². The van der Waals surface area contributed by atoms with Crippen molar-refractivity contribution in [3.8, 4) is 67.7 Å². The Balaban J connectivity index is 1.07. The Labute approximate surface area is 376 Å². The molecule has 1 unspecified atom stereocenters. The van der Waals surface area contributed by atoms with E-state index in [-0.39, 0.29) is 5.28 Å². The van der Waals surface area contributed by atoms with Crippen LogP contribution in [0, 0.1) is 0 Å². The number of rotatable bonds is 5. The fourth-order valence-electron chi connectivity index (χ4n) is 9.84. The van der Waals surface area contributed by atoms with Gasteiger partial charge in [-0.15, -0.1) is 0 Å². The molecule has 1 aliphatic carbocycles. The average Bonchev–Trinajstić information content (AvgIpc) is 3.73. The molecule has 9 aromatic rings. The highest BCUT2D eigenvalue weighted by Crippen LogP contribution is 2.63. The first-order valence-electron chi connectivity index (χ1n) is 21.6.